The van der Waals surface area contributed by atoms with E-state index in [1.54, 1.807) is 30.3 Å². The van der Waals surface area contributed by atoms with E-state index in [4.69, 9.17) is 9.84 Å². The highest BCUT2D eigenvalue weighted by Crippen LogP contribution is 2.28. The van der Waals surface area contributed by atoms with E-state index in [2.05, 4.69) is 31.1 Å². The molecular weight excluding hydrogens is 498 g/mol. The number of hydrogen-bond acceptors (Lipinski definition) is 8. The highest BCUT2D eigenvalue weighted by molar-refractivity contribution is 5.98. The Kier molecular flexibility index (Phi) is 6.27. The summed E-state index contributed by atoms with van der Waals surface area (Å²) in [5, 5.41) is 23.0. The van der Waals surface area contributed by atoms with Crippen LogP contribution in [-0.4, -0.2) is 55.0 Å². The third-order valence-corrected chi connectivity index (χ3v) is 5.64. The maximum Gasteiger partial charge on any atom is 0.349 e. The van der Waals surface area contributed by atoms with Gasteiger partial charge in [-0.3, -0.25) is 14.4 Å². The molecule has 192 valence electrons. The van der Waals surface area contributed by atoms with Crippen LogP contribution in [0.25, 0.3) is 5.78 Å². The fourth-order valence-corrected chi connectivity index (χ4v) is 3.75. The molecule has 2 aromatic carbocycles. The first-order valence-corrected chi connectivity index (χ1v) is 11.2. The number of fused-ring (bicyclic) bond motifs is 2. The van der Waals surface area contributed by atoms with Crippen LogP contribution in [0.15, 0.2) is 53.3 Å². The zero-order valence-corrected chi connectivity index (χ0v) is 19.5. The number of amides is 3. The van der Waals surface area contributed by atoms with E-state index >= 15 is 0 Å². The molecule has 0 saturated heterocycles. The zero-order valence-electron chi connectivity index (χ0n) is 19.5. The van der Waals surface area contributed by atoms with Crippen LogP contribution >= 0.6 is 0 Å². The Morgan fingerprint density at radius 2 is 1.68 bits per heavy atom. The van der Waals surface area contributed by atoms with Crippen molar-refractivity contribution in [3.63, 3.8) is 0 Å². The second-order valence-corrected chi connectivity index (χ2v) is 8.23. The van der Waals surface area contributed by atoms with Crippen LogP contribution in [0.1, 0.15) is 42.5 Å². The highest BCUT2D eigenvalue weighted by atomic mass is 16.5. The molecule has 0 spiro atoms. The lowest BCUT2D eigenvalue weighted by Gasteiger charge is -2.18. The average Bonchev–Trinajstić information content (AvgIpc) is 3.30. The number of ether oxygens (including phenoxy) is 1. The van der Waals surface area contributed by atoms with Crippen LogP contribution in [0.3, 0.4) is 0 Å². The van der Waals surface area contributed by atoms with Crippen molar-refractivity contribution in [1.29, 1.82) is 0 Å². The number of nitrogens with zero attached hydrogens (tertiary/aromatic N) is 3. The first-order chi connectivity index (χ1) is 18.3. The Labute approximate surface area is 212 Å². The molecule has 0 unspecified atom stereocenters. The number of carbonyl (C=O) groups is 4. The molecule has 3 heterocycles. The van der Waals surface area contributed by atoms with Crippen LogP contribution in [-0.2, 0) is 17.9 Å². The zero-order chi connectivity index (χ0) is 26.8. The van der Waals surface area contributed by atoms with Gasteiger partial charge in [-0.05, 0) is 41.5 Å². The molecule has 38 heavy (non-hydrogen) atoms. The van der Waals surface area contributed by atoms with Crippen molar-refractivity contribution in [2.24, 2.45) is 0 Å². The Bertz CT molecular complexity index is 1660. The fourth-order valence-electron chi connectivity index (χ4n) is 3.75. The SMILES string of the molecule is O=C1COc2ccc(CNC(=O)c3cc(C(=O)NCc4ccc(C(=O)O)cc4)nc4n[nH]c(=O)n34)cc2N1. The second-order valence-electron chi connectivity index (χ2n) is 8.23. The third-order valence-electron chi connectivity index (χ3n) is 5.64. The molecule has 5 N–H and O–H groups in total. The number of carboxylic acid groups (broad SMARTS) is 1. The molecule has 5 rings (SSSR count). The molecule has 2 aromatic heterocycles. The Balaban J connectivity index is 1.33. The molecule has 0 bridgehead atoms. The van der Waals surface area contributed by atoms with Gasteiger partial charge in [-0.1, -0.05) is 18.2 Å². The van der Waals surface area contributed by atoms with Crippen molar-refractivity contribution in [2.45, 2.75) is 13.1 Å². The van der Waals surface area contributed by atoms with Gasteiger partial charge in [-0.25, -0.2) is 24.1 Å². The molecule has 1 aliphatic heterocycles. The summed E-state index contributed by atoms with van der Waals surface area (Å²) in [5.41, 5.74) is 0.848. The molecule has 3 amide bonds. The second kappa shape index (κ2) is 9.85. The van der Waals surface area contributed by atoms with E-state index in [9.17, 15) is 24.0 Å². The summed E-state index contributed by atoms with van der Waals surface area (Å²) in [6, 6.07) is 12.1. The van der Waals surface area contributed by atoms with Gasteiger partial charge in [0.05, 0.1) is 11.3 Å². The molecule has 0 atom stereocenters. The first kappa shape index (κ1) is 24.2. The van der Waals surface area contributed by atoms with E-state index in [0.717, 1.165) is 4.40 Å². The predicted molar refractivity (Wildman–Crippen MR) is 130 cm³/mol. The summed E-state index contributed by atoms with van der Waals surface area (Å²) in [6.45, 7) is 0.0405. The van der Waals surface area contributed by atoms with Crippen molar-refractivity contribution < 1.29 is 29.0 Å². The maximum atomic E-state index is 13.0. The van der Waals surface area contributed by atoms with Gasteiger partial charge in [0.2, 0.25) is 0 Å². The highest BCUT2D eigenvalue weighted by Gasteiger charge is 2.20. The summed E-state index contributed by atoms with van der Waals surface area (Å²) in [4.78, 5) is 64.7. The lowest BCUT2D eigenvalue weighted by atomic mass is 10.1. The van der Waals surface area contributed by atoms with Gasteiger partial charge in [0.15, 0.2) is 6.61 Å². The lowest BCUT2D eigenvalue weighted by molar-refractivity contribution is -0.118. The molecule has 1 aliphatic rings. The Morgan fingerprint density at radius 1 is 0.974 bits per heavy atom. The quantitative estimate of drug-likeness (QED) is 0.229. The predicted octanol–water partition coefficient (Wildman–Crippen LogP) is 0.307. The molecule has 0 fully saturated rings. The van der Waals surface area contributed by atoms with Gasteiger partial charge in [0.1, 0.15) is 17.1 Å². The number of carbonyl (C=O) groups excluding carboxylic acids is 3. The number of rotatable bonds is 7. The van der Waals surface area contributed by atoms with Gasteiger partial charge in [-0.2, -0.15) is 0 Å². The summed E-state index contributed by atoms with van der Waals surface area (Å²) >= 11 is 0. The van der Waals surface area contributed by atoms with Gasteiger partial charge < -0.3 is 25.8 Å². The van der Waals surface area contributed by atoms with E-state index in [1.807, 2.05) is 0 Å². The third kappa shape index (κ3) is 4.90. The number of H-pyrrole nitrogens is 1. The minimum Gasteiger partial charge on any atom is -0.482 e. The van der Waals surface area contributed by atoms with Crippen molar-refractivity contribution in [3.8, 4) is 5.75 Å². The molecule has 14 heteroatoms. The largest absolute Gasteiger partial charge is 0.482 e. The van der Waals surface area contributed by atoms with Crippen molar-refractivity contribution in [1.82, 2.24) is 30.2 Å². The van der Waals surface area contributed by atoms with Crippen LogP contribution in [0.4, 0.5) is 5.69 Å². The fraction of sp³-hybridized carbons (Fsp3) is 0.125. The van der Waals surface area contributed by atoms with Crippen LogP contribution in [0.2, 0.25) is 0 Å². The average molecular weight is 517 g/mol. The number of aromatic nitrogens is 4. The number of benzene rings is 2. The number of carboxylic acids is 1. The maximum absolute atomic E-state index is 13.0. The van der Waals surface area contributed by atoms with Crippen molar-refractivity contribution in [3.05, 3.63) is 87.1 Å². The minimum atomic E-state index is -1.06. The molecule has 0 radical (unpaired) electrons. The number of aromatic amines is 1. The molecule has 0 aliphatic carbocycles. The Morgan fingerprint density at radius 3 is 2.45 bits per heavy atom. The van der Waals surface area contributed by atoms with Crippen LogP contribution in [0, 0.1) is 0 Å². The summed E-state index contributed by atoms with van der Waals surface area (Å²) in [5.74, 6) is -2.33. The molecular formula is C24H19N7O7. The van der Waals surface area contributed by atoms with Gasteiger partial charge in [0.25, 0.3) is 23.5 Å². The number of aromatic carboxylic acids is 1. The Hall–Kier alpha value is -5.53. The van der Waals surface area contributed by atoms with Gasteiger partial charge >= 0.3 is 11.7 Å². The van der Waals surface area contributed by atoms with E-state index < -0.39 is 23.5 Å². The number of nitrogens with one attached hydrogen (secondary N) is 4. The lowest BCUT2D eigenvalue weighted by Crippen LogP contribution is -2.30. The molecule has 0 saturated carbocycles. The molecule has 14 nitrogen and oxygen atoms in total. The van der Waals surface area contributed by atoms with Gasteiger partial charge in [-0.15, -0.1) is 5.10 Å². The van der Waals surface area contributed by atoms with E-state index in [-0.39, 0.29) is 48.3 Å². The number of anilines is 1. The first-order valence-electron chi connectivity index (χ1n) is 11.2. The van der Waals surface area contributed by atoms with Crippen LogP contribution in [0.5, 0.6) is 5.75 Å². The standard InChI is InChI=1S/C24H19N7O7/c32-19-11-38-18-6-3-13(7-15(18)27-19)10-26-21(34)17-8-16(28-23-29-30-24(37)31(17)23)20(33)25-9-12-1-4-14(5-2-12)22(35)36/h1-8H,9-11H2,(H,25,33)(H,26,34)(H,27,32)(H,30,37)(H,35,36). The smallest absolute Gasteiger partial charge is 0.349 e. The van der Waals surface area contributed by atoms with Crippen LogP contribution < -0.4 is 26.4 Å². The topological polar surface area (TPSA) is 197 Å². The summed E-state index contributed by atoms with van der Waals surface area (Å²) < 4.78 is 6.26. The normalized spacial score (nSPS) is 12.3. The van der Waals surface area contributed by atoms with Crippen molar-refractivity contribution in [2.75, 3.05) is 11.9 Å². The van der Waals surface area contributed by atoms with E-state index in [0.29, 0.717) is 22.6 Å². The summed E-state index contributed by atoms with van der Waals surface area (Å²) in [7, 11) is 0. The van der Waals surface area contributed by atoms with Crippen molar-refractivity contribution >= 4 is 35.2 Å². The summed E-state index contributed by atoms with van der Waals surface area (Å²) in [6.07, 6.45) is 0. The minimum absolute atomic E-state index is 0.0479. The molecule has 4 aromatic rings. The monoisotopic (exact) mass is 517 g/mol. The van der Waals surface area contributed by atoms with Gasteiger partial charge in [0, 0.05) is 13.1 Å². The number of hydrogen-bond donors (Lipinski definition) is 5. The van der Waals surface area contributed by atoms with E-state index in [1.165, 1.54) is 18.2 Å².